The van der Waals surface area contributed by atoms with Gasteiger partial charge in [-0.2, -0.15) is 4.98 Å². The molecule has 1 aromatic carbocycles. The quantitative estimate of drug-likeness (QED) is 0.482. The van der Waals surface area contributed by atoms with E-state index in [0.717, 1.165) is 42.8 Å². The van der Waals surface area contributed by atoms with Crippen molar-refractivity contribution in [1.29, 1.82) is 0 Å². The second kappa shape index (κ2) is 8.65. The molecule has 1 aliphatic carbocycles. The summed E-state index contributed by atoms with van der Waals surface area (Å²) in [6.07, 6.45) is 5.45. The topological polar surface area (TPSA) is 128 Å². The minimum Gasteiger partial charge on any atom is -0.339 e. The average Bonchev–Trinajstić information content (AvgIpc) is 3.40. The fraction of sp³-hybridized carbons (Fsp3) is 0.348. The number of nitrogens with zero attached hydrogens (tertiary/aromatic N) is 8. The minimum atomic E-state index is -0.117. The first-order valence-electron chi connectivity index (χ1n) is 11.4. The van der Waals surface area contributed by atoms with Crippen molar-refractivity contribution in [1.82, 2.24) is 40.2 Å². The van der Waals surface area contributed by atoms with E-state index >= 15 is 0 Å². The number of carbonyl (C=O) groups is 1. The van der Waals surface area contributed by atoms with Crippen LogP contribution in [0.3, 0.4) is 0 Å². The number of carbonyl (C=O) groups excluding carboxylic acids is 1. The molecule has 4 heterocycles. The van der Waals surface area contributed by atoms with Gasteiger partial charge in [0, 0.05) is 36.5 Å². The van der Waals surface area contributed by atoms with Gasteiger partial charge in [0.2, 0.25) is 11.7 Å². The summed E-state index contributed by atoms with van der Waals surface area (Å²) in [5, 5.41) is 19.1. The van der Waals surface area contributed by atoms with Crippen LogP contribution in [0.2, 0.25) is 0 Å². The molecule has 0 bridgehead atoms. The van der Waals surface area contributed by atoms with Gasteiger partial charge in [0.05, 0.1) is 6.04 Å². The van der Waals surface area contributed by atoms with Crippen LogP contribution < -0.4 is 5.32 Å². The molecule has 3 aromatic heterocycles. The molecule has 2 amide bonds. The Bertz CT molecular complexity index is 1270. The molecule has 4 aromatic rings. The van der Waals surface area contributed by atoms with Crippen LogP contribution in [0.5, 0.6) is 0 Å². The van der Waals surface area contributed by atoms with Crippen LogP contribution >= 0.6 is 0 Å². The molecular formula is C23H23N9O2. The van der Waals surface area contributed by atoms with Crippen LogP contribution in [-0.2, 0) is 0 Å². The molecule has 11 nitrogen and oxygen atoms in total. The van der Waals surface area contributed by atoms with Crippen molar-refractivity contribution in [2.24, 2.45) is 0 Å². The Balaban J connectivity index is 1.04. The minimum absolute atomic E-state index is 0.117. The van der Waals surface area contributed by atoms with Crippen LogP contribution in [-0.4, -0.2) is 59.4 Å². The molecule has 172 valence electrons. The summed E-state index contributed by atoms with van der Waals surface area (Å²) in [4.78, 5) is 23.4. The SMILES string of the molecule is O=C(Nc1ccc(-c2nnnn2C2CC2)cc1)N1CCC(c2nc(-c3ccccn3)no2)CC1. The largest absolute Gasteiger partial charge is 0.339 e. The van der Waals surface area contributed by atoms with E-state index in [1.807, 2.05) is 52.0 Å². The van der Waals surface area contributed by atoms with Crippen molar-refractivity contribution >= 4 is 11.7 Å². The van der Waals surface area contributed by atoms with E-state index in [-0.39, 0.29) is 11.9 Å². The van der Waals surface area contributed by atoms with Crippen LogP contribution in [0.25, 0.3) is 22.9 Å². The molecule has 2 aliphatic rings. The number of benzene rings is 1. The molecule has 0 spiro atoms. The Kier molecular flexibility index (Phi) is 5.21. The molecular weight excluding hydrogens is 434 g/mol. The molecule has 0 radical (unpaired) electrons. The second-order valence-electron chi connectivity index (χ2n) is 8.62. The number of rotatable bonds is 5. The van der Waals surface area contributed by atoms with Gasteiger partial charge in [0.1, 0.15) is 5.69 Å². The first-order valence-corrected chi connectivity index (χ1v) is 11.4. The number of likely N-dealkylation sites (tertiary alicyclic amines) is 1. The Morgan fingerprint density at radius 3 is 2.59 bits per heavy atom. The fourth-order valence-electron chi connectivity index (χ4n) is 4.18. The third-order valence-corrected chi connectivity index (χ3v) is 6.25. The number of piperidine rings is 1. The van der Waals surface area contributed by atoms with E-state index in [0.29, 0.717) is 36.5 Å². The van der Waals surface area contributed by atoms with E-state index in [1.165, 1.54) is 0 Å². The van der Waals surface area contributed by atoms with Crippen molar-refractivity contribution in [2.75, 3.05) is 18.4 Å². The molecule has 1 saturated heterocycles. The van der Waals surface area contributed by atoms with Gasteiger partial charge < -0.3 is 14.7 Å². The van der Waals surface area contributed by atoms with Crippen molar-refractivity contribution in [2.45, 2.75) is 37.6 Å². The summed E-state index contributed by atoms with van der Waals surface area (Å²) >= 11 is 0. The maximum atomic E-state index is 12.8. The first-order chi connectivity index (χ1) is 16.7. The Morgan fingerprint density at radius 2 is 1.85 bits per heavy atom. The third-order valence-electron chi connectivity index (χ3n) is 6.25. The van der Waals surface area contributed by atoms with Gasteiger partial charge in [-0.3, -0.25) is 4.98 Å². The Labute approximate surface area is 195 Å². The number of aromatic nitrogens is 7. The molecule has 1 N–H and O–H groups in total. The highest BCUT2D eigenvalue weighted by Gasteiger charge is 2.29. The monoisotopic (exact) mass is 457 g/mol. The summed E-state index contributed by atoms with van der Waals surface area (Å²) in [6.45, 7) is 1.23. The number of urea groups is 1. The first kappa shape index (κ1) is 20.5. The maximum Gasteiger partial charge on any atom is 0.321 e. The van der Waals surface area contributed by atoms with Gasteiger partial charge in [-0.1, -0.05) is 11.2 Å². The number of hydrogen-bond acceptors (Lipinski definition) is 8. The molecule has 2 fully saturated rings. The zero-order valence-corrected chi connectivity index (χ0v) is 18.4. The summed E-state index contributed by atoms with van der Waals surface area (Å²) < 4.78 is 7.36. The van der Waals surface area contributed by atoms with Gasteiger partial charge in [0.15, 0.2) is 5.82 Å². The maximum absolute atomic E-state index is 12.8. The molecule has 0 atom stereocenters. The van der Waals surface area contributed by atoms with Crippen molar-refractivity contribution in [3.8, 4) is 22.9 Å². The smallest absolute Gasteiger partial charge is 0.321 e. The number of anilines is 1. The highest BCUT2D eigenvalue weighted by Crippen LogP contribution is 2.36. The van der Waals surface area contributed by atoms with Crippen molar-refractivity contribution in [3.05, 3.63) is 54.6 Å². The normalized spacial score (nSPS) is 16.5. The lowest BCUT2D eigenvalue weighted by Crippen LogP contribution is -2.40. The number of hydrogen-bond donors (Lipinski definition) is 1. The zero-order valence-electron chi connectivity index (χ0n) is 18.4. The van der Waals surface area contributed by atoms with E-state index < -0.39 is 0 Å². The summed E-state index contributed by atoms with van der Waals surface area (Å²) in [6, 6.07) is 13.5. The van der Waals surface area contributed by atoms with E-state index in [4.69, 9.17) is 4.52 Å². The lowest BCUT2D eigenvalue weighted by atomic mass is 9.97. The van der Waals surface area contributed by atoms with Crippen LogP contribution in [0.4, 0.5) is 10.5 Å². The zero-order chi connectivity index (χ0) is 22.9. The van der Waals surface area contributed by atoms with E-state index in [2.05, 4.69) is 36.0 Å². The molecule has 1 aliphatic heterocycles. The third kappa shape index (κ3) is 4.12. The van der Waals surface area contributed by atoms with Gasteiger partial charge >= 0.3 is 6.03 Å². The van der Waals surface area contributed by atoms with E-state index in [1.54, 1.807) is 6.20 Å². The predicted octanol–water partition coefficient (Wildman–Crippen LogP) is 3.53. The summed E-state index contributed by atoms with van der Waals surface area (Å²) in [5.74, 6) is 1.98. The number of amides is 2. The fourth-order valence-corrected chi connectivity index (χ4v) is 4.18. The van der Waals surface area contributed by atoms with Crippen molar-refractivity contribution in [3.63, 3.8) is 0 Å². The summed E-state index contributed by atoms with van der Waals surface area (Å²) in [7, 11) is 0. The molecule has 6 rings (SSSR count). The lowest BCUT2D eigenvalue weighted by molar-refractivity contribution is 0.187. The number of tetrazole rings is 1. The molecule has 11 heteroatoms. The predicted molar refractivity (Wildman–Crippen MR) is 122 cm³/mol. The van der Waals surface area contributed by atoms with Gasteiger partial charge in [0.25, 0.3) is 0 Å². The van der Waals surface area contributed by atoms with Crippen molar-refractivity contribution < 1.29 is 9.32 Å². The van der Waals surface area contributed by atoms with E-state index in [9.17, 15) is 4.79 Å². The standard InChI is InChI=1S/C23H23N9O2/c33-23(25-17-6-4-15(5-7-17)21-27-29-30-32(21)18-8-9-18)31-13-10-16(11-14-31)22-26-20(28-34-22)19-3-1-2-12-24-19/h1-7,12,16,18H,8-11,13-14H2,(H,25,33). The lowest BCUT2D eigenvalue weighted by Gasteiger charge is -2.30. The number of nitrogens with one attached hydrogen (secondary N) is 1. The van der Waals surface area contributed by atoms with Gasteiger partial charge in [-0.15, -0.1) is 5.10 Å². The highest BCUT2D eigenvalue weighted by atomic mass is 16.5. The Morgan fingerprint density at radius 1 is 1.03 bits per heavy atom. The second-order valence-corrected chi connectivity index (χ2v) is 8.62. The van der Waals surface area contributed by atoms with Crippen LogP contribution in [0.15, 0.2) is 53.2 Å². The molecule has 1 saturated carbocycles. The summed E-state index contributed by atoms with van der Waals surface area (Å²) in [5.41, 5.74) is 2.35. The Hall–Kier alpha value is -4.15. The number of pyridine rings is 1. The highest BCUT2D eigenvalue weighted by molar-refractivity contribution is 5.89. The van der Waals surface area contributed by atoms with Gasteiger partial charge in [-0.25, -0.2) is 9.48 Å². The molecule has 0 unspecified atom stereocenters. The van der Waals surface area contributed by atoms with Crippen LogP contribution in [0.1, 0.15) is 43.5 Å². The van der Waals surface area contributed by atoms with Crippen LogP contribution in [0, 0.1) is 0 Å². The van der Waals surface area contributed by atoms with Gasteiger partial charge in [-0.05, 0) is 72.5 Å². The molecule has 34 heavy (non-hydrogen) atoms. The average molecular weight is 457 g/mol.